The molecule has 0 spiro atoms. The van der Waals surface area contributed by atoms with E-state index < -0.39 is 6.10 Å². The van der Waals surface area contributed by atoms with Crippen LogP contribution >= 0.6 is 0 Å². The molecule has 1 unspecified atom stereocenters. The summed E-state index contributed by atoms with van der Waals surface area (Å²) in [4.78, 5) is 0. The fourth-order valence-corrected chi connectivity index (χ4v) is 0.934. The summed E-state index contributed by atoms with van der Waals surface area (Å²) in [6.45, 7) is 1.60. The van der Waals surface area contributed by atoms with Gasteiger partial charge in [-0.25, -0.2) is 0 Å². The first kappa shape index (κ1) is 8.81. The van der Waals surface area contributed by atoms with Crippen molar-refractivity contribution < 1.29 is 10.2 Å². The van der Waals surface area contributed by atoms with Crippen molar-refractivity contribution in [2.45, 2.75) is 13.0 Å². The normalized spacial score (nSPS) is 14.3. The summed E-state index contributed by atoms with van der Waals surface area (Å²) in [5.74, 6) is 0.116. The van der Waals surface area contributed by atoms with Gasteiger partial charge in [0.25, 0.3) is 0 Å². The van der Waals surface area contributed by atoms with E-state index in [1.54, 1.807) is 19.1 Å². The molecule has 0 aliphatic heterocycles. The van der Waals surface area contributed by atoms with E-state index in [0.29, 0.717) is 0 Å². The molecule has 64 valence electrons. The van der Waals surface area contributed by atoms with Crippen LogP contribution in [0, 0.1) is 0 Å². The summed E-state index contributed by atoms with van der Waals surface area (Å²) in [6, 6.07) is 9.12. The van der Waals surface area contributed by atoms with Gasteiger partial charge in [0, 0.05) is 5.56 Å². The Morgan fingerprint density at radius 2 is 1.92 bits per heavy atom. The maximum absolute atomic E-state index is 9.39. The number of hydrogen-bond donors (Lipinski definition) is 2. The summed E-state index contributed by atoms with van der Waals surface area (Å²) >= 11 is 0. The standard InChI is InChI=1S/C10H12O2/c1-8(11)7-10(12)9-5-3-2-4-6-9/h2-8,11-12H,1H3. The van der Waals surface area contributed by atoms with Crippen molar-refractivity contribution in [3.63, 3.8) is 0 Å². The molecular weight excluding hydrogens is 152 g/mol. The average Bonchev–Trinajstić information content (AvgIpc) is 2.05. The van der Waals surface area contributed by atoms with Crippen molar-refractivity contribution in [2.75, 3.05) is 0 Å². The third-order valence-corrected chi connectivity index (χ3v) is 1.47. The Kier molecular flexibility index (Phi) is 2.88. The SMILES string of the molecule is CC(O)C=C(O)c1ccccc1. The molecule has 2 heteroatoms. The monoisotopic (exact) mass is 164 g/mol. The minimum atomic E-state index is -0.620. The lowest BCUT2D eigenvalue weighted by molar-refractivity contribution is 0.242. The molecule has 1 aromatic carbocycles. The summed E-state index contributed by atoms with van der Waals surface area (Å²) in [5, 5.41) is 18.3. The number of benzene rings is 1. The topological polar surface area (TPSA) is 40.5 Å². The van der Waals surface area contributed by atoms with Crippen molar-refractivity contribution in [1.82, 2.24) is 0 Å². The molecule has 0 bridgehead atoms. The van der Waals surface area contributed by atoms with Gasteiger partial charge in [-0.15, -0.1) is 0 Å². The molecular formula is C10H12O2. The van der Waals surface area contributed by atoms with E-state index >= 15 is 0 Å². The van der Waals surface area contributed by atoms with Crippen molar-refractivity contribution in [2.24, 2.45) is 0 Å². The predicted octanol–water partition coefficient (Wildman–Crippen LogP) is 1.97. The Morgan fingerprint density at radius 1 is 1.33 bits per heavy atom. The van der Waals surface area contributed by atoms with Crippen LogP contribution in [0.5, 0.6) is 0 Å². The molecule has 0 amide bonds. The van der Waals surface area contributed by atoms with Gasteiger partial charge in [-0.05, 0) is 13.0 Å². The van der Waals surface area contributed by atoms with E-state index in [9.17, 15) is 5.11 Å². The Bertz CT molecular complexity index is 262. The Hall–Kier alpha value is -1.28. The van der Waals surface area contributed by atoms with Crippen LogP contribution in [0.15, 0.2) is 36.4 Å². The van der Waals surface area contributed by atoms with Crippen LogP contribution in [0.1, 0.15) is 12.5 Å². The van der Waals surface area contributed by atoms with Crippen LogP contribution in [0.4, 0.5) is 0 Å². The lowest BCUT2D eigenvalue weighted by Gasteiger charge is -2.00. The van der Waals surface area contributed by atoms with E-state index in [4.69, 9.17) is 5.11 Å². The van der Waals surface area contributed by atoms with E-state index in [-0.39, 0.29) is 5.76 Å². The summed E-state index contributed by atoms with van der Waals surface area (Å²) in [5.41, 5.74) is 0.721. The van der Waals surface area contributed by atoms with Crippen LogP contribution in [0.2, 0.25) is 0 Å². The highest BCUT2D eigenvalue weighted by molar-refractivity contribution is 5.58. The van der Waals surface area contributed by atoms with Gasteiger partial charge in [0.05, 0.1) is 6.10 Å². The molecule has 0 saturated carbocycles. The van der Waals surface area contributed by atoms with Gasteiger partial charge in [0.1, 0.15) is 5.76 Å². The molecule has 0 fully saturated rings. The second kappa shape index (κ2) is 3.93. The second-order valence-corrected chi connectivity index (χ2v) is 2.66. The van der Waals surface area contributed by atoms with Gasteiger partial charge in [-0.3, -0.25) is 0 Å². The van der Waals surface area contributed by atoms with E-state index in [1.807, 2.05) is 18.2 Å². The summed E-state index contributed by atoms with van der Waals surface area (Å²) in [6.07, 6.45) is 0.778. The molecule has 1 rings (SSSR count). The molecule has 2 nitrogen and oxygen atoms in total. The zero-order valence-corrected chi connectivity index (χ0v) is 6.94. The Balaban J connectivity index is 2.85. The fraction of sp³-hybridized carbons (Fsp3) is 0.200. The number of rotatable bonds is 2. The molecule has 0 aliphatic carbocycles. The minimum Gasteiger partial charge on any atom is -0.508 e. The molecule has 0 aliphatic rings. The molecule has 1 aromatic rings. The van der Waals surface area contributed by atoms with Gasteiger partial charge < -0.3 is 10.2 Å². The van der Waals surface area contributed by atoms with Crippen molar-refractivity contribution in [1.29, 1.82) is 0 Å². The number of aliphatic hydroxyl groups excluding tert-OH is 2. The zero-order chi connectivity index (χ0) is 8.97. The number of aliphatic hydroxyl groups is 2. The second-order valence-electron chi connectivity index (χ2n) is 2.66. The molecule has 0 saturated heterocycles. The van der Waals surface area contributed by atoms with Gasteiger partial charge in [0.15, 0.2) is 0 Å². The maximum Gasteiger partial charge on any atom is 0.121 e. The van der Waals surface area contributed by atoms with E-state index in [2.05, 4.69) is 0 Å². The average molecular weight is 164 g/mol. The largest absolute Gasteiger partial charge is 0.508 e. The smallest absolute Gasteiger partial charge is 0.121 e. The highest BCUT2D eigenvalue weighted by Crippen LogP contribution is 2.10. The quantitative estimate of drug-likeness (QED) is 0.656. The Labute approximate surface area is 71.8 Å². The maximum atomic E-state index is 9.39. The molecule has 1 atom stereocenters. The van der Waals surface area contributed by atoms with E-state index in [1.165, 1.54) is 6.08 Å². The molecule has 0 radical (unpaired) electrons. The van der Waals surface area contributed by atoms with Crippen LogP contribution in [-0.2, 0) is 0 Å². The van der Waals surface area contributed by atoms with Crippen LogP contribution in [0.3, 0.4) is 0 Å². The highest BCUT2D eigenvalue weighted by Gasteiger charge is 1.98. The van der Waals surface area contributed by atoms with Gasteiger partial charge in [-0.1, -0.05) is 30.3 Å². The lowest BCUT2D eigenvalue weighted by Crippen LogP contribution is -1.95. The highest BCUT2D eigenvalue weighted by atomic mass is 16.3. The minimum absolute atomic E-state index is 0.116. The Morgan fingerprint density at radius 3 is 2.42 bits per heavy atom. The third-order valence-electron chi connectivity index (χ3n) is 1.47. The van der Waals surface area contributed by atoms with Gasteiger partial charge >= 0.3 is 0 Å². The van der Waals surface area contributed by atoms with Crippen molar-refractivity contribution in [3.8, 4) is 0 Å². The zero-order valence-electron chi connectivity index (χ0n) is 6.94. The van der Waals surface area contributed by atoms with Crippen LogP contribution in [0.25, 0.3) is 5.76 Å². The summed E-state index contributed by atoms with van der Waals surface area (Å²) < 4.78 is 0. The lowest BCUT2D eigenvalue weighted by atomic mass is 10.1. The van der Waals surface area contributed by atoms with Gasteiger partial charge in [-0.2, -0.15) is 0 Å². The molecule has 12 heavy (non-hydrogen) atoms. The van der Waals surface area contributed by atoms with Gasteiger partial charge in [0.2, 0.25) is 0 Å². The molecule has 0 aromatic heterocycles. The van der Waals surface area contributed by atoms with E-state index in [0.717, 1.165) is 5.56 Å². The first-order chi connectivity index (χ1) is 5.70. The van der Waals surface area contributed by atoms with Crippen LogP contribution < -0.4 is 0 Å². The van der Waals surface area contributed by atoms with Crippen molar-refractivity contribution >= 4 is 5.76 Å². The molecule has 0 heterocycles. The fourth-order valence-electron chi connectivity index (χ4n) is 0.934. The summed E-state index contributed by atoms with van der Waals surface area (Å²) in [7, 11) is 0. The van der Waals surface area contributed by atoms with Crippen LogP contribution in [-0.4, -0.2) is 16.3 Å². The molecule has 2 N–H and O–H groups in total. The first-order valence-corrected chi connectivity index (χ1v) is 3.84. The first-order valence-electron chi connectivity index (χ1n) is 3.84. The predicted molar refractivity (Wildman–Crippen MR) is 48.7 cm³/mol. The third kappa shape index (κ3) is 2.40. The van der Waals surface area contributed by atoms with Crippen molar-refractivity contribution in [3.05, 3.63) is 42.0 Å². The number of hydrogen-bond acceptors (Lipinski definition) is 2.